The van der Waals surface area contributed by atoms with E-state index in [0.717, 1.165) is 0 Å². The fourth-order valence-corrected chi connectivity index (χ4v) is 1.68. The van der Waals surface area contributed by atoms with Crippen LogP contribution in [0.1, 0.15) is 16.1 Å². The number of hydrogen-bond acceptors (Lipinski definition) is 2. The number of aryl methyl sites for hydroxylation is 1. The van der Waals surface area contributed by atoms with Crippen molar-refractivity contribution in [3.8, 4) is 24.7 Å². The predicted octanol–water partition coefficient (Wildman–Crippen LogP) is 1.15. The van der Waals surface area contributed by atoms with E-state index in [1.54, 1.807) is 6.92 Å². The summed E-state index contributed by atoms with van der Waals surface area (Å²) in [5.74, 6) is 4.19. The zero-order valence-corrected chi connectivity index (χ0v) is 11.4. The van der Waals surface area contributed by atoms with Gasteiger partial charge in [0.25, 0.3) is 5.91 Å². The molecule has 1 aromatic heterocycles. The second-order valence-electron chi connectivity index (χ2n) is 3.54. The van der Waals surface area contributed by atoms with E-state index in [9.17, 15) is 9.59 Å². The van der Waals surface area contributed by atoms with Gasteiger partial charge in [-0.3, -0.25) is 9.59 Å². The van der Waals surface area contributed by atoms with Gasteiger partial charge in [0.2, 0.25) is 5.43 Å². The molecule has 0 radical (unpaired) electrons. The number of amides is 1. The van der Waals surface area contributed by atoms with Crippen LogP contribution >= 0.6 is 15.9 Å². The van der Waals surface area contributed by atoms with Gasteiger partial charge in [0, 0.05) is 11.9 Å². The van der Waals surface area contributed by atoms with Crippen LogP contribution in [0.15, 0.2) is 15.5 Å². The highest BCUT2D eigenvalue weighted by atomic mass is 79.9. The van der Waals surface area contributed by atoms with Crippen LogP contribution in [0.2, 0.25) is 0 Å². The van der Waals surface area contributed by atoms with E-state index in [1.807, 2.05) is 0 Å². The van der Waals surface area contributed by atoms with E-state index in [2.05, 4.69) is 32.8 Å². The fraction of sp³-hybridized carbons (Fsp3) is 0.231. The fourth-order valence-electron chi connectivity index (χ4n) is 1.35. The summed E-state index contributed by atoms with van der Waals surface area (Å²) in [5, 5.41) is 0. The number of aromatic nitrogens is 1. The first-order valence-electron chi connectivity index (χ1n) is 5.07. The minimum Gasteiger partial charge on any atom is -0.363 e. The molecule has 0 spiro atoms. The van der Waals surface area contributed by atoms with Crippen LogP contribution in [0.25, 0.3) is 0 Å². The lowest BCUT2D eigenvalue weighted by atomic mass is 10.2. The summed E-state index contributed by atoms with van der Waals surface area (Å²) < 4.78 is 0.328. The Morgan fingerprint density at radius 2 is 2.00 bits per heavy atom. The van der Waals surface area contributed by atoms with E-state index in [4.69, 9.17) is 12.8 Å². The van der Waals surface area contributed by atoms with Crippen LogP contribution in [0.5, 0.6) is 0 Å². The maximum atomic E-state index is 12.1. The van der Waals surface area contributed by atoms with Crippen molar-refractivity contribution in [1.29, 1.82) is 0 Å². The van der Waals surface area contributed by atoms with Gasteiger partial charge in [0.1, 0.15) is 5.56 Å². The number of nitrogens with one attached hydrogen (secondary N) is 1. The Morgan fingerprint density at radius 3 is 2.50 bits per heavy atom. The third-order valence-corrected chi connectivity index (χ3v) is 3.24. The van der Waals surface area contributed by atoms with Gasteiger partial charge in [-0.15, -0.1) is 12.8 Å². The highest BCUT2D eigenvalue weighted by Crippen LogP contribution is 2.09. The largest absolute Gasteiger partial charge is 0.363 e. The van der Waals surface area contributed by atoms with Gasteiger partial charge >= 0.3 is 0 Å². The van der Waals surface area contributed by atoms with Crippen LogP contribution in [0, 0.1) is 31.6 Å². The van der Waals surface area contributed by atoms with Crippen molar-refractivity contribution < 1.29 is 4.79 Å². The molecule has 18 heavy (non-hydrogen) atoms. The molecule has 5 heteroatoms. The number of carbonyl (C=O) groups excluding carboxylic acids is 1. The molecule has 1 rings (SSSR count). The number of aromatic amines is 1. The third kappa shape index (κ3) is 2.82. The molecule has 0 fully saturated rings. The number of nitrogens with zero attached hydrogens (tertiary/aromatic N) is 1. The number of carbonyl (C=O) groups is 1. The Kier molecular flexibility index (Phi) is 4.76. The van der Waals surface area contributed by atoms with Crippen LogP contribution in [0.4, 0.5) is 0 Å². The summed E-state index contributed by atoms with van der Waals surface area (Å²) in [6, 6.07) is 0. The molecule has 4 nitrogen and oxygen atoms in total. The van der Waals surface area contributed by atoms with Gasteiger partial charge in [-0.05, 0) is 22.9 Å². The Hall–Kier alpha value is -1.98. The monoisotopic (exact) mass is 306 g/mol. The van der Waals surface area contributed by atoms with E-state index < -0.39 is 5.91 Å². The molecular weight excluding hydrogens is 296 g/mol. The minimum atomic E-state index is -0.479. The first kappa shape index (κ1) is 14.1. The van der Waals surface area contributed by atoms with Gasteiger partial charge in [-0.2, -0.15) is 0 Å². The standard InChI is InChI=1S/C13H11BrN2O2/c1-4-6-16(7-5-2)13(18)10-8-15-9(3)11(14)12(10)17/h1-2,8H,6-7H2,3H3,(H,15,17). The van der Waals surface area contributed by atoms with Crippen LogP contribution in [-0.2, 0) is 0 Å². The molecule has 0 aliphatic rings. The summed E-state index contributed by atoms with van der Waals surface area (Å²) in [6.45, 7) is 1.85. The van der Waals surface area contributed by atoms with Crippen molar-refractivity contribution in [2.45, 2.75) is 6.92 Å². The van der Waals surface area contributed by atoms with Crippen molar-refractivity contribution in [2.24, 2.45) is 0 Å². The van der Waals surface area contributed by atoms with Crippen molar-refractivity contribution >= 4 is 21.8 Å². The molecular formula is C13H11BrN2O2. The molecule has 0 bridgehead atoms. The molecule has 0 saturated carbocycles. The van der Waals surface area contributed by atoms with Gasteiger partial charge < -0.3 is 9.88 Å². The van der Waals surface area contributed by atoms with Gasteiger partial charge in [-0.25, -0.2) is 0 Å². The number of H-pyrrole nitrogens is 1. The molecule has 1 N–H and O–H groups in total. The van der Waals surface area contributed by atoms with Gasteiger partial charge in [0.05, 0.1) is 17.6 Å². The van der Waals surface area contributed by atoms with Crippen LogP contribution < -0.4 is 5.43 Å². The highest BCUT2D eigenvalue weighted by molar-refractivity contribution is 9.10. The number of hydrogen-bond donors (Lipinski definition) is 1. The number of halogens is 1. The number of rotatable bonds is 3. The third-order valence-electron chi connectivity index (χ3n) is 2.29. The predicted molar refractivity (Wildman–Crippen MR) is 73.1 cm³/mol. The summed E-state index contributed by atoms with van der Waals surface area (Å²) >= 11 is 3.13. The van der Waals surface area contributed by atoms with E-state index in [0.29, 0.717) is 10.2 Å². The van der Waals surface area contributed by atoms with E-state index in [-0.39, 0.29) is 24.1 Å². The van der Waals surface area contributed by atoms with Gasteiger partial charge in [-0.1, -0.05) is 11.8 Å². The van der Waals surface area contributed by atoms with E-state index in [1.165, 1.54) is 11.1 Å². The Labute approximate surface area is 114 Å². The molecule has 0 aromatic carbocycles. The van der Waals surface area contributed by atoms with Crippen molar-refractivity contribution in [3.05, 3.63) is 32.2 Å². The maximum absolute atomic E-state index is 12.1. The zero-order valence-electron chi connectivity index (χ0n) is 9.79. The average molecular weight is 307 g/mol. The quantitative estimate of drug-likeness (QED) is 0.852. The zero-order chi connectivity index (χ0) is 13.7. The Morgan fingerprint density at radius 1 is 1.44 bits per heavy atom. The summed E-state index contributed by atoms with van der Waals surface area (Å²) in [6.07, 6.45) is 11.7. The van der Waals surface area contributed by atoms with Crippen LogP contribution in [0.3, 0.4) is 0 Å². The molecule has 1 aromatic rings. The molecule has 0 saturated heterocycles. The summed E-state index contributed by atoms with van der Waals surface area (Å²) in [4.78, 5) is 28.1. The summed E-state index contributed by atoms with van der Waals surface area (Å²) in [7, 11) is 0. The second kappa shape index (κ2) is 6.09. The SMILES string of the molecule is C#CCN(CC#C)C(=O)c1c[nH]c(C)c(Br)c1=O. The first-order valence-corrected chi connectivity index (χ1v) is 5.86. The molecule has 92 valence electrons. The number of terminal acetylenes is 2. The van der Waals surface area contributed by atoms with Crippen molar-refractivity contribution in [1.82, 2.24) is 9.88 Å². The molecule has 0 aliphatic carbocycles. The first-order chi connectivity index (χ1) is 8.52. The average Bonchev–Trinajstić information content (AvgIpc) is 2.35. The smallest absolute Gasteiger partial charge is 0.260 e. The van der Waals surface area contributed by atoms with Crippen molar-refractivity contribution in [2.75, 3.05) is 13.1 Å². The Balaban J connectivity index is 3.19. The molecule has 0 aliphatic heterocycles. The molecule has 0 unspecified atom stereocenters. The van der Waals surface area contributed by atoms with Gasteiger partial charge in [0.15, 0.2) is 0 Å². The lowest BCUT2D eigenvalue weighted by Crippen LogP contribution is -2.35. The maximum Gasteiger partial charge on any atom is 0.260 e. The highest BCUT2D eigenvalue weighted by Gasteiger charge is 2.19. The molecule has 1 heterocycles. The normalized spacial score (nSPS) is 9.33. The van der Waals surface area contributed by atoms with E-state index >= 15 is 0 Å². The lowest BCUT2D eigenvalue weighted by molar-refractivity contribution is 0.0794. The molecule has 0 atom stereocenters. The topological polar surface area (TPSA) is 53.2 Å². The van der Waals surface area contributed by atoms with Crippen LogP contribution in [-0.4, -0.2) is 28.9 Å². The lowest BCUT2D eigenvalue weighted by Gasteiger charge is -2.17. The molecule has 1 amide bonds. The Bertz CT molecular complexity index is 589. The summed E-state index contributed by atoms with van der Waals surface area (Å²) in [5.41, 5.74) is 0.283. The second-order valence-corrected chi connectivity index (χ2v) is 4.33. The van der Waals surface area contributed by atoms with Crippen molar-refractivity contribution in [3.63, 3.8) is 0 Å². The number of pyridine rings is 1. The minimum absolute atomic E-state index is 0.0120.